The van der Waals surface area contributed by atoms with Crippen molar-refractivity contribution < 1.29 is 15.0 Å². The molecule has 0 spiro atoms. The molecule has 2 aromatic carbocycles. The SMILES string of the molecule is CC(C)(O)c1ccc(C(=O)O)c2ccccc12. The van der Waals surface area contributed by atoms with Crippen LogP contribution < -0.4 is 0 Å². The Labute approximate surface area is 99.3 Å². The van der Waals surface area contributed by atoms with Gasteiger partial charge in [0.15, 0.2) is 0 Å². The summed E-state index contributed by atoms with van der Waals surface area (Å²) in [6, 6.07) is 10.4. The van der Waals surface area contributed by atoms with Gasteiger partial charge in [0.2, 0.25) is 0 Å². The van der Waals surface area contributed by atoms with Gasteiger partial charge in [0, 0.05) is 0 Å². The fourth-order valence-electron chi connectivity index (χ4n) is 2.02. The summed E-state index contributed by atoms with van der Waals surface area (Å²) in [4.78, 5) is 11.1. The maximum absolute atomic E-state index is 11.1. The molecule has 2 N–H and O–H groups in total. The highest BCUT2D eigenvalue weighted by molar-refractivity contribution is 6.04. The van der Waals surface area contributed by atoms with E-state index in [1.807, 2.05) is 12.1 Å². The standard InChI is InChI=1S/C14H14O3/c1-14(2,17)12-8-7-11(13(15)16)9-5-3-4-6-10(9)12/h3-8,17H,1-2H3,(H,15,16). The van der Waals surface area contributed by atoms with Crippen molar-refractivity contribution in [2.75, 3.05) is 0 Å². The third-order valence-electron chi connectivity index (χ3n) is 2.81. The second-order valence-electron chi connectivity index (χ2n) is 4.57. The van der Waals surface area contributed by atoms with Crippen LogP contribution in [0.2, 0.25) is 0 Å². The van der Waals surface area contributed by atoms with E-state index in [0.29, 0.717) is 5.39 Å². The second-order valence-corrected chi connectivity index (χ2v) is 4.57. The molecule has 0 aliphatic rings. The number of benzene rings is 2. The van der Waals surface area contributed by atoms with Crippen molar-refractivity contribution in [1.82, 2.24) is 0 Å². The first-order valence-electron chi connectivity index (χ1n) is 5.39. The first-order chi connectivity index (χ1) is 7.91. The first kappa shape index (κ1) is 11.6. The van der Waals surface area contributed by atoms with Crippen molar-refractivity contribution >= 4 is 16.7 Å². The smallest absolute Gasteiger partial charge is 0.336 e. The molecule has 2 aromatic rings. The van der Waals surface area contributed by atoms with Crippen molar-refractivity contribution in [3.63, 3.8) is 0 Å². The van der Waals surface area contributed by atoms with E-state index < -0.39 is 11.6 Å². The Morgan fingerprint density at radius 1 is 1.06 bits per heavy atom. The minimum absolute atomic E-state index is 0.258. The molecule has 2 rings (SSSR count). The lowest BCUT2D eigenvalue weighted by Crippen LogP contribution is -2.16. The number of carboxylic acid groups (broad SMARTS) is 1. The maximum atomic E-state index is 11.1. The van der Waals surface area contributed by atoms with E-state index in [-0.39, 0.29) is 5.56 Å². The summed E-state index contributed by atoms with van der Waals surface area (Å²) in [5.74, 6) is -0.955. The molecule has 0 radical (unpaired) electrons. The zero-order valence-corrected chi connectivity index (χ0v) is 9.77. The Morgan fingerprint density at radius 3 is 2.18 bits per heavy atom. The molecule has 0 fully saturated rings. The summed E-state index contributed by atoms with van der Waals surface area (Å²) >= 11 is 0. The summed E-state index contributed by atoms with van der Waals surface area (Å²) in [5.41, 5.74) is 0.00287. The quantitative estimate of drug-likeness (QED) is 0.834. The van der Waals surface area contributed by atoms with Crippen LogP contribution in [0.15, 0.2) is 36.4 Å². The van der Waals surface area contributed by atoms with E-state index >= 15 is 0 Å². The highest BCUT2D eigenvalue weighted by Gasteiger charge is 2.20. The molecule has 0 unspecified atom stereocenters. The maximum Gasteiger partial charge on any atom is 0.336 e. The van der Waals surface area contributed by atoms with E-state index in [2.05, 4.69) is 0 Å². The van der Waals surface area contributed by atoms with Crippen molar-refractivity contribution in [2.45, 2.75) is 19.4 Å². The fraction of sp³-hybridized carbons (Fsp3) is 0.214. The summed E-state index contributed by atoms with van der Waals surface area (Å²) < 4.78 is 0. The minimum Gasteiger partial charge on any atom is -0.478 e. The number of aliphatic hydroxyl groups is 1. The zero-order chi connectivity index (χ0) is 12.6. The molecule has 0 bridgehead atoms. The molecule has 0 amide bonds. The van der Waals surface area contributed by atoms with Gasteiger partial charge >= 0.3 is 5.97 Å². The summed E-state index contributed by atoms with van der Waals surface area (Å²) in [7, 11) is 0. The van der Waals surface area contributed by atoms with Crippen molar-refractivity contribution in [1.29, 1.82) is 0 Å². The van der Waals surface area contributed by atoms with Gasteiger partial charge in [-0.15, -0.1) is 0 Å². The largest absolute Gasteiger partial charge is 0.478 e. The van der Waals surface area contributed by atoms with Crippen LogP contribution in [0.4, 0.5) is 0 Å². The monoisotopic (exact) mass is 230 g/mol. The number of fused-ring (bicyclic) bond motifs is 1. The van der Waals surface area contributed by atoms with Crippen LogP contribution in [0, 0.1) is 0 Å². The van der Waals surface area contributed by atoms with E-state index in [1.54, 1.807) is 32.0 Å². The molecule has 0 aliphatic heterocycles. The molecule has 3 heteroatoms. The Morgan fingerprint density at radius 2 is 1.65 bits per heavy atom. The highest BCUT2D eigenvalue weighted by Crippen LogP contribution is 2.30. The predicted molar refractivity (Wildman–Crippen MR) is 66.2 cm³/mol. The minimum atomic E-state index is -0.989. The van der Waals surface area contributed by atoms with Gasteiger partial charge < -0.3 is 10.2 Å². The van der Waals surface area contributed by atoms with Crippen LogP contribution >= 0.6 is 0 Å². The number of aromatic carboxylic acids is 1. The van der Waals surface area contributed by atoms with Gasteiger partial charge in [0.05, 0.1) is 11.2 Å². The molecule has 3 nitrogen and oxygen atoms in total. The lowest BCUT2D eigenvalue weighted by Gasteiger charge is -2.20. The van der Waals surface area contributed by atoms with Crippen LogP contribution in [0.5, 0.6) is 0 Å². The van der Waals surface area contributed by atoms with Crippen molar-refractivity contribution in [3.05, 3.63) is 47.5 Å². The Kier molecular flexibility index (Phi) is 2.63. The normalized spacial score (nSPS) is 11.7. The molecule has 0 aromatic heterocycles. The third-order valence-corrected chi connectivity index (χ3v) is 2.81. The number of rotatable bonds is 2. The van der Waals surface area contributed by atoms with Gasteiger partial charge in [-0.05, 0) is 36.2 Å². The number of hydrogen-bond donors (Lipinski definition) is 2. The van der Waals surface area contributed by atoms with Crippen LogP contribution in [0.25, 0.3) is 10.8 Å². The van der Waals surface area contributed by atoms with Crippen molar-refractivity contribution in [2.24, 2.45) is 0 Å². The van der Waals surface area contributed by atoms with Crippen LogP contribution in [-0.4, -0.2) is 16.2 Å². The molecular weight excluding hydrogens is 216 g/mol. The summed E-state index contributed by atoms with van der Waals surface area (Å²) in [6.07, 6.45) is 0. The Bertz CT molecular complexity index is 580. The molecular formula is C14H14O3. The van der Waals surface area contributed by atoms with Crippen LogP contribution in [0.1, 0.15) is 29.8 Å². The molecule has 0 aliphatic carbocycles. The van der Waals surface area contributed by atoms with Gasteiger partial charge in [-0.3, -0.25) is 0 Å². The molecule has 0 atom stereocenters. The Hall–Kier alpha value is -1.87. The van der Waals surface area contributed by atoms with E-state index in [4.69, 9.17) is 5.11 Å². The summed E-state index contributed by atoms with van der Waals surface area (Å²) in [6.45, 7) is 3.38. The zero-order valence-electron chi connectivity index (χ0n) is 9.77. The number of carboxylic acids is 1. The van der Waals surface area contributed by atoms with Crippen LogP contribution in [-0.2, 0) is 5.60 Å². The first-order valence-corrected chi connectivity index (χ1v) is 5.39. The van der Waals surface area contributed by atoms with Gasteiger partial charge in [-0.1, -0.05) is 30.3 Å². The number of carbonyl (C=O) groups is 1. The Balaban J connectivity index is 2.85. The highest BCUT2D eigenvalue weighted by atomic mass is 16.4. The van der Waals surface area contributed by atoms with Crippen molar-refractivity contribution in [3.8, 4) is 0 Å². The third kappa shape index (κ3) is 2.01. The second kappa shape index (κ2) is 3.86. The lowest BCUT2D eigenvalue weighted by molar-refractivity contribution is 0.0696. The molecule has 0 saturated carbocycles. The van der Waals surface area contributed by atoms with Gasteiger partial charge in [-0.25, -0.2) is 4.79 Å². The predicted octanol–water partition coefficient (Wildman–Crippen LogP) is 2.77. The van der Waals surface area contributed by atoms with E-state index in [9.17, 15) is 9.90 Å². The fourth-order valence-corrected chi connectivity index (χ4v) is 2.02. The average Bonchev–Trinajstić information content (AvgIpc) is 2.26. The number of hydrogen-bond acceptors (Lipinski definition) is 2. The average molecular weight is 230 g/mol. The van der Waals surface area contributed by atoms with E-state index in [0.717, 1.165) is 10.9 Å². The van der Waals surface area contributed by atoms with Gasteiger partial charge in [0.25, 0.3) is 0 Å². The van der Waals surface area contributed by atoms with Gasteiger partial charge in [-0.2, -0.15) is 0 Å². The topological polar surface area (TPSA) is 57.5 Å². The molecule has 0 saturated heterocycles. The molecule has 0 heterocycles. The lowest BCUT2D eigenvalue weighted by atomic mass is 9.90. The molecule has 88 valence electrons. The van der Waals surface area contributed by atoms with Gasteiger partial charge in [0.1, 0.15) is 0 Å². The summed E-state index contributed by atoms with van der Waals surface area (Å²) in [5, 5.41) is 20.6. The molecule has 17 heavy (non-hydrogen) atoms. The van der Waals surface area contributed by atoms with Crippen LogP contribution in [0.3, 0.4) is 0 Å². The van der Waals surface area contributed by atoms with E-state index in [1.165, 1.54) is 6.07 Å².